The molecule has 9 heteroatoms. The molecule has 3 aromatic rings. The standard InChI is InChI=1S/C22H24F3N5O/c1-15-12-20-27-18(13-19(22(23,24)25)30(20)28-15)17-5-3-11-29(14-17)21(31)6-2-4-16-7-9-26-10-8-16/h7-10,12-13,17H,2-6,11,14H2,1H3/t17-/m1/s1. The van der Waals surface area contributed by atoms with Gasteiger partial charge in [0.05, 0.1) is 5.69 Å². The van der Waals surface area contributed by atoms with Crippen LogP contribution in [0.2, 0.25) is 0 Å². The van der Waals surface area contributed by atoms with Crippen molar-refractivity contribution >= 4 is 11.6 Å². The number of pyridine rings is 1. The molecule has 1 aliphatic heterocycles. The van der Waals surface area contributed by atoms with Crippen molar-refractivity contribution < 1.29 is 18.0 Å². The zero-order valence-corrected chi connectivity index (χ0v) is 17.3. The van der Waals surface area contributed by atoms with Crippen LogP contribution in [0, 0.1) is 6.92 Å². The Morgan fingerprint density at radius 2 is 2.00 bits per heavy atom. The van der Waals surface area contributed by atoms with E-state index in [9.17, 15) is 18.0 Å². The Kier molecular flexibility index (Phi) is 5.93. The molecule has 164 valence electrons. The number of aryl methyl sites for hydroxylation is 2. The molecule has 4 rings (SSSR count). The fraction of sp³-hybridized carbons (Fsp3) is 0.455. The van der Waals surface area contributed by atoms with E-state index in [2.05, 4.69) is 15.1 Å². The Bertz CT molecular complexity index is 1060. The van der Waals surface area contributed by atoms with Crippen LogP contribution in [0.3, 0.4) is 0 Å². The lowest BCUT2D eigenvalue weighted by atomic mass is 9.93. The topological polar surface area (TPSA) is 63.4 Å². The minimum Gasteiger partial charge on any atom is -0.342 e. The second-order valence-corrected chi connectivity index (χ2v) is 8.01. The van der Waals surface area contributed by atoms with Crippen molar-refractivity contribution in [2.45, 2.75) is 51.1 Å². The summed E-state index contributed by atoms with van der Waals surface area (Å²) in [6.07, 6.45) is 2.30. The molecule has 0 spiro atoms. The van der Waals surface area contributed by atoms with Crippen molar-refractivity contribution in [2.75, 3.05) is 13.1 Å². The first-order chi connectivity index (χ1) is 14.8. The normalized spacial score (nSPS) is 17.3. The van der Waals surface area contributed by atoms with E-state index in [-0.39, 0.29) is 17.5 Å². The number of carbonyl (C=O) groups is 1. The maximum atomic E-state index is 13.6. The first-order valence-electron chi connectivity index (χ1n) is 10.4. The second kappa shape index (κ2) is 8.64. The Morgan fingerprint density at radius 1 is 1.23 bits per heavy atom. The SMILES string of the molecule is Cc1cc2nc([C@@H]3CCCN(C(=O)CCCc4ccncc4)C3)cc(C(F)(F)F)n2n1. The highest BCUT2D eigenvalue weighted by molar-refractivity contribution is 5.76. The Hall–Kier alpha value is -2.97. The van der Waals surface area contributed by atoms with Crippen LogP contribution in [0.4, 0.5) is 13.2 Å². The van der Waals surface area contributed by atoms with Gasteiger partial charge in [0.25, 0.3) is 0 Å². The largest absolute Gasteiger partial charge is 0.433 e. The molecule has 6 nitrogen and oxygen atoms in total. The molecular weight excluding hydrogens is 407 g/mol. The average Bonchev–Trinajstić information content (AvgIpc) is 3.13. The fourth-order valence-electron chi connectivity index (χ4n) is 4.12. The van der Waals surface area contributed by atoms with Crippen molar-refractivity contribution in [3.63, 3.8) is 0 Å². The molecule has 1 aliphatic rings. The molecule has 1 amide bonds. The first-order valence-corrected chi connectivity index (χ1v) is 10.4. The highest BCUT2D eigenvalue weighted by Crippen LogP contribution is 2.33. The lowest BCUT2D eigenvalue weighted by Gasteiger charge is -2.33. The molecule has 31 heavy (non-hydrogen) atoms. The summed E-state index contributed by atoms with van der Waals surface area (Å²) in [4.78, 5) is 22.9. The number of hydrogen-bond donors (Lipinski definition) is 0. The van der Waals surface area contributed by atoms with E-state index < -0.39 is 11.9 Å². The number of hydrogen-bond acceptors (Lipinski definition) is 4. The van der Waals surface area contributed by atoms with E-state index in [4.69, 9.17) is 0 Å². The molecule has 4 heterocycles. The highest BCUT2D eigenvalue weighted by atomic mass is 19.4. The van der Waals surface area contributed by atoms with Crippen LogP contribution in [-0.2, 0) is 17.4 Å². The fourth-order valence-corrected chi connectivity index (χ4v) is 4.12. The summed E-state index contributed by atoms with van der Waals surface area (Å²) in [7, 11) is 0. The third-order valence-electron chi connectivity index (χ3n) is 5.66. The number of rotatable bonds is 5. The smallest absolute Gasteiger partial charge is 0.342 e. The molecule has 1 atom stereocenters. The number of nitrogens with zero attached hydrogens (tertiary/aromatic N) is 5. The molecule has 0 aliphatic carbocycles. The van der Waals surface area contributed by atoms with Gasteiger partial charge in [-0.1, -0.05) is 0 Å². The number of piperidine rings is 1. The van der Waals surface area contributed by atoms with E-state index in [1.165, 1.54) is 0 Å². The van der Waals surface area contributed by atoms with E-state index in [0.717, 1.165) is 35.4 Å². The number of halogens is 3. The van der Waals surface area contributed by atoms with E-state index in [1.807, 2.05) is 12.1 Å². The zero-order valence-electron chi connectivity index (χ0n) is 17.3. The maximum absolute atomic E-state index is 13.6. The van der Waals surface area contributed by atoms with Gasteiger partial charge < -0.3 is 4.90 Å². The molecular formula is C22H24F3N5O. The van der Waals surface area contributed by atoms with Gasteiger partial charge in [-0.15, -0.1) is 0 Å². The van der Waals surface area contributed by atoms with Gasteiger partial charge in [0.2, 0.25) is 5.91 Å². The lowest BCUT2D eigenvalue weighted by molar-refractivity contribution is -0.143. The van der Waals surface area contributed by atoms with E-state index in [1.54, 1.807) is 30.3 Å². The number of carbonyl (C=O) groups excluding carboxylic acids is 1. The Labute approximate surface area is 178 Å². The van der Waals surface area contributed by atoms with E-state index in [0.29, 0.717) is 37.3 Å². The lowest BCUT2D eigenvalue weighted by Crippen LogP contribution is -2.39. The van der Waals surface area contributed by atoms with Crippen LogP contribution in [0.15, 0.2) is 36.7 Å². The molecule has 0 radical (unpaired) electrons. The number of amides is 1. The quantitative estimate of drug-likeness (QED) is 0.608. The molecule has 0 N–H and O–H groups in total. The average molecular weight is 431 g/mol. The summed E-state index contributed by atoms with van der Waals surface area (Å²) in [5.41, 5.74) is 1.33. The molecule has 0 saturated carbocycles. The van der Waals surface area contributed by atoms with Crippen LogP contribution in [0.25, 0.3) is 5.65 Å². The summed E-state index contributed by atoms with van der Waals surface area (Å²) >= 11 is 0. The summed E-state index contributed by atoms with van der Waals surface area (Å²) in [6, 6.07) is 6.49. The van der Waals surface area contributed by atoms with Gasteiger partial charge in [0.1, 0.15) is 5.69 Å². The van der Waals surface area contributed by atoms with Gasteiger partial charge in [0.15, 0.2) is 5.65 Å². The number of likely N-dealkylation sites (tertiary alicyclic amines) is 1. The van der Waals surface area contributed by atoms with Crippen molar-refractivity contribution in [2.24, 2.45) is 0 Å². The number of aromatic nitrogens is 4. The number of alkyl halides is 3. The Morgan fingerprint density at radius 3 is 2.74 bits per heavy atom. The van der Waals surface area contributed by atoms with Crippen LogP contribution in [0.1, 0.15) is 54.2 Å². The maximum Gasteiger partial charge on any atom is 0.433 e. The van der Waals surface area contributed by atoms with Crippen molar-refractivity contribution in [3.05, 3.63) is 59.3 Å². The monoisotopic (exact) mass is 431 g/mol. The predicted molar refractivity (Wildman–Crippen MR) is 108 cm³/mol. The van der Waals surface area contributed by atoms with Gasteiger partial charge in [0, 0.05) is 49.6 Å². The van der Waals surface area contributed by atoms with Gasteiger partial charge in [-0.25, -0.2) is 9.50 Å². The highest BCUT2D eigenvalue weighted by Gasteiger charge is 2.36. The van der Waals surface area contributed by atoms with Crippen LogP contribution in [-0.4, -0.2) is 43.5 Å². The van der Waals surface area contributed by atoms with Gasteiger partial charge in [-0.2, -0.15) is 18.3 Å². The van der Waals surface area contributed by atoms with Crippen LogP contribution < -0.4 is 0 Å². The van der Waals surface area contributed by atoms with E-state index >= 15 is 0 Å². The zero-order chi connectivity index (χ0) is 22.0. The summed E-state index contributed by atoms with van der Waals surface area (Å²) in [6.45, 7) is 2.66. The van der Waals surface area contributed by atoms with Crippen LogP contribution in [0.5, 0.6) is 0 Å². The summed E-state index contributed by atoms with van der Waals surface area (Å²) in [5, 5.41) is 3.93. The molecule has 0 aromatic carbocycles. The second-order valence-electron chi connectivity index (χ2n) is 8.01. The molecule has 1 fully saturated rings. The minimum absolute atomic E-state index is 0.0380. The first kappa shape index (κ1) is 21.3. The van der Waals surface area contributed by atoms with Crippen molar-refractivity contribution in [3.8, 4) is 0 Å². The molecule has 1 saturated heterocycles. The van der Waals surface area contributed by atoms with Gasteiger partial charge in [-0.3, -0.25) is 9.78 Å². The molecule has 0 unspecified atom stereocenters. The predicted octanol–water partition coefficient (Wildman–Crippen LogP) is 4.18. The summed E-state index contributed by atoms with van der Waals surface area (Å²) in [5.74, 6) is -0.185. The van der Waals surface area contributed by atoms with Crippen LogP contribution >= 0.6 is 0 Å². The van der Waals surface area contributed by atoms with Crippen molar-refractivity contribution in [1.82, 2.24) is 24.5 Å². The van der Waals surface area contributed by atoms with Gasteiger partial charge >= 0.3 is 6.18 Å². The summed E-state index contributed by atoms with van der Waals surface area (Å²) < 4.78 is 41.7. The number of fused-ring (bicyclic) bond motifs is 1. The van der Waals surface area contributed by atoms with Crippen molar-refractivity contribution in [1.29, 1.82) is 0 Å². The van der Waals surface area contributed by atoms with Gasteiger partial charge in [-0.05, 0) is 56.4 Å². The molecule has 0 bridgehead atoms. The minimum atomic E-state index is -4.54. The molecule has 3 aromatic heterocycles. The third-order valence-corrected chi connectivity index (χ3v) is 5.66. The Balaban J connectivity index is 1.46. The third kappa shape index (κ3) is 4.86.